The predicted molar refractivity (Wildman–Crippen MR) is 83.6 cm³/mol. The molecule has 23 heavy (non-hydrogen) atoms. The van der Waals surface area contributed by atoms with Crippen molar-refractivity contribution < 1.29 is 13.9 Å². The second-order valence-corrected chi connectivity index (χ2v) is 5.84. The highest BCUT2D eigenvalue weighted by molar-refractivity contribution is 5.79. The number of ether oxygens (including phenoxy) is 1. The second kappa shape index (κ2) is 6.40. The third kappa shape index (κ3) is 3.21. The number of likely N-dealkylation sites (tertiary alicyclic amines) is 1. The minimum absolute atomic E-state index is 0.0147. The van der Waals surface area contributed by atoms with Gasteiger partial charge in [0.25, 0.3) is 0 Å². The largest absolute Gasteiger partial charge is 0.494 e. The van der Waals surface area contributed by atoms with Gasteiger partial charge in [0, 0.05) is 25.4 Å². The third-order valence-corrected chi connectivity index (χ3v) is 4.25. The SMILES string of the molecule is COc1ccc(CC(=O)N2CCC[C@H]2c2cnn(C)c2)cc1F. The van der Waals surface area contributed by atoms with Gasteiger partial charge in [0.05, 0.1) is 25.8 Å². The lowest BCUT2D eigenvalue weighted by molar-refractivity contribution is -0.131. The molecule has 5 nitrogen and oxygen atoms in total. The van der Waals surface area contributed by atoms with Crippen LogP contribution in [0.3, 0.4) is 0 Å². The number of nitrogens with zero attached hydrogens (tertiary/aromatic N) is 3. The third-order valence-electron chi connectivity index (χ3n) is 4.25. The van der Waals surface area contributed by atoms with E-state index in [9.17, 15) is 9.18 Å². The maximum Gasteiger partial charge on any atom is 0.227 e. The molecule has 0 saturated carbocycles. The van der Waals surface area contributed by atoms with Crippen molar-refractivity contribution in [1.29, 1.82) is 0 Å². The molecule has 122 valence electrons. The summed E-state index contributed by atoms with van der Waals surface area (Å²) < 4.78 is 20.4. The predicted octanol–water partition coefficient (Wildman–Crippen LogP) is 2.47. The van der Waals surface area contributed by atoms with Gasteiger partial charge < -0.3 is 9.64 Å². The van der Waals surface area contributed by atoms with Gasteiger partial charge in [-0.2, -0.15) is 5.10 Å². The van der Waals surface area contributed by atoms with Crippen LogP contribution in [0.1, 0.15) is 30.0 Å². The summed E-state index contributed by atoms with van der Waals surface area (Å²) in [4.78, 5) is 14.5. The van der Waals surface area contributed by atoms with E-state index in [0.717, 1.165) is 24.9 Å². The monoisotopic (exact) mass is 317 g/mol. The van der Waals surface area contributed by atoms with E-state index in [2.05, 4.69) is 5.10 Å². The van der Waals surface area contributed by atoms with Crippen molar-refractivity contribution >= 4 is 5.91 Å². The van der Waals surface area contributed by atoms with Crippen LogP contribution >= 0.6 is 0 Å². The topological polar surface area (TPSA) is 47.4 Å². The molecule has 0 spiro atoms. The van der Waals surface area contributed by atoms with Crippen LogP contribution in [-0.2, 0) is 18.3 Å². The Kier molecular flexibility index (Phi) is 4.32. The molecule has 1 amide bonds. The van der Waals surface area contributed by atoms with Gasteiger partial charge in [-0.05, 0) is 30.5 Å². The Labute approximate surface area is 134 Å². The normalized spacial score (nSPS) is 17.5. The van der Waals surface area contributed by atoms with Crippen molar-refractivity contribution in [3.63, 3.8) is 0 Å². The van der Waals surface area contributed by atoms with Crippen molar-refractivity contribution in [2.75, 3.05) is 13.7 Å². The standard InChI is InChI=1S/C17H20FN3O2/c1-20-11-13(10-19-20)15-4-3-7-21(15)17(22)9-12-5-6-16(23-2)14(18)8-12/h5-6,8,10-11,15H,3-4,7,9H2,1-2H3/t15-/m0/s1. The Bertz CT molecular complexity index is 714. The number of carbonyl (C=O) groups is 1. The van der Waals surface area contributed by atoms with Gasteiger partial charge in [0.15, 0.2) is 11.6 Å². The number of hydrogen-bond donors (Lipinski definition) is 0. The molecule has 1 saturated heterocycles. The fourth-order valence-electron chi connectivity index (χ4n) is 3.12. The summed E-state index contributed by atoms with van der Waals surface area (Å²) in [6.07, 6.45) is 5.86. The zero-order chi connectivity index (χ0) is 16.4. The highest BCUT2D eigenvalue weighted by Gasteiger charge is 2.30. The first-order chi connectivity index (χ1) is 11.1. The Morgan fingerprint density at radius 2 is 2.30 bits per heavy atom. The van der Waals surface area contributed by atoms with Crippen LogP contribution in [0.2, 0.25) is 0 Å². The van der Waals surface area contributed by atoms with Crippen LogP contribution in [0, 0.1) is 5.82 Å². The lowest BCUT2D eigenvalue weighted by Crippen LogP contribution is -2.31. The second-order valence-electron chi connectivity index (χ2n) is 5.84. The Hall–Kier alpha value is -2.37. The Morgan fingerprint density at radius 1 is 1.48 bits per heavy atom. The average Bonchev–Trinajstić information content (AvgIpc) is 3.15. The van der Waals surface area contributed by atoms with Crippen molar-refractivity contribution in [2.24, 2.45) is 7.05 Å². The fourth-order valence-corrected chi connectivity index (χ4v) is 3.12. The molecule has 0 bridgehead atoms. The molecular weight excluding hydrogens is 297 g/mol. The van der Waals surface area contributed by atoms with Crippen molar-refractivity contribution in [2.45, 2.75) is 25.3 Å². The molecule has 1 aromatic carbocycles. The first-order valence-corrected chi connectivity index (χ1v) is 7.69. The van der Waals surface area contributed by atoms with Gasteiger partial charge in [-0.1, -0.05) is 6.07 Å². The lowest BCUT2D eigenvalue weighted by Gasteiger charge is -2.24. The highest BCUT2D eigenvalue weighted by Crippen LogP contribution is 2.32. The molecule has 0 aliphatic carbocycles. The van der Waals surface area contributed by atoms with E-state index in [-0.39, 0.29) is 24.1 Å². The number of methoxy groups -OCH3 is 1. The van der Waals surface area contributed by atoms with Crippen LogP contribution in [0.15, 0.2) is 30.6 Å². The maximum atomic E-state index is 13.8. The molecule has 1 fully saturated rings. The minimum Gasteiger partial charge on any atom is -0.494 e. The first-order valence-electron chi connectivity index (χ1n) is 7.69. The van der Waals surface area contributed by atoms with Crippen molar-refractivity contribution in [3.05, 3.63) is 47.5 Å². The van der Waals surface area contributed by atoms with Crippen LogP contribution in [0.4, 0.5) is 4.39 Å². The molecule has 2 heterocycles. The van der Waals surface area contributed by atoms with Crippen molar-refractivity contribution in [1.82, 2.24) is 14.7 Å². The summed E-state index contributed by atoms with van der Waals surface area (Å²) in [6.45, 7) is 0.733. The summed E-state index contributed by atoms with van der Waals surface area (Å²) in [7, 11) is 3.29. The lowest BCUT2D eigenvalue weighted by atomic mass is 10.1. The number of aryl methyl sites for hydroxylation is 1. The maximum absolute atomic E-state index is 13.8. The van der Waals surface area contributed by atoms with E-state index in [1.54, 1.807) is 16.8 Å². The highest BCUT2D eigenvalue weighted by atomic mass is 19.1. The smallest absolute Gasteiger partial charge is 0.227 e. The van der Waals surface area contributed by atoms with E-state index in [1.165, 1.54) is 13.2 Å². The van der Waals surface area contributed by atoms with Gasteiger partial charge in [-0.25, -0.2) is 4.39 Å². The summed E-state index contributed by atoms with van der Waals surface area (Å²) >= 11 is 0. The van der Waals surface area contributed by atoms with Gasteiger partial charge in [-0.3, -0.25) is 9.48 Å². The number of hydrogen-bond acceptors (Lipinski definition) is 3. The summed E-state index contributed by atoms with van der Waals surface area (Å²) in [5, 5.41) is 4.18. The molecule has 0 unspecified atom stereocenters. The van der Waals surface area contributed by atoms with E-state index in [0.29, 0.717) is 5.56 Å². The average molecular weight is 317 g/mol. The fraction of sp³-hybridized carbons (Fsp3) is 0.412. The number of halogens is 1. The molecule has 0 N–H and O–H groups in total. The van der Waals surface area contributed by atoms with Gasteiger partial charge in [0.2, 0.25) is 5.91 Å². The van der Waals surface area contributed by atoms with E-state index >= 15 is 0 Å². The van der Waals surface area contributed by atoms with Crippen molar-refractivity contribution in [3.8, 4) is 5.75 Å². The van der Waals surface area contributed by atoms with Crippen LogP contribution in [-0.4, -0.2) is 34.2 Å². The zero-order valence-corrected chi connectivity index (χ0v) is 13.3. The molecule has 1 atom stereocenters. The summed E-state index contributed by atoms with van der Waals surface area (Å²) in [5.74, 6) is -0.237. The van der Waals surface area contributed by atoms with Crippen LogP contribution < -0.4 is 4.74 Å². The molecule has 3 rings (SSSR count). The molecule has 1 aromatic heterocycles. The Morgan fingerprint density at radius 3 is 2.96 bits per heavy atom. The van der Waals surface area contributed by atoms with E-state index in [1.807, 2.05) is 24.3 Å². The molecule has 6 heteroatoms. The van der Waals surface area contributed by atoms with Crippen LogP contribution in [0.5, 0.6) is 5.75 Å². The first kappa shape index (κ1) is 15.5. The van der Waals surface area contributed by atoms with Gasteiger partial charge >= 0.3 is 0 Å². The zero-order valence-electron chi connectivity index (χ0n) is 13.3. The number of amides is 1. The molecule has 1 aliphatic heterocycles. The number of benzene rings is 1. The molecule has 0 radical (unpaired) electrons. The Balaban J connectivity index is 1.73. The number of carbonyl (C=O) groups excluding carboxylic acids is 1. The van der Waals surface area contributed by atoms with E-state index < -0.39 is 5.82 Å². The quantitative estimate of drug-likeness (QED) is 0.870. The van der Waals surface area contributed by atoms with Gasteiger partial charge in [0.1, 0.15) is 0 Å². The molecule has 2 aromatic rings. The molecular formula is C17H20FN3O2. The minimum atomic E-state index is -0.442. The molecule has 1 aliphatic rings. The number of rotatable bonds is 4. The van der Waals surface area contributed by atoms with Gasteiger partial charge in [-0.15, -0.1) is 0 Å². The summed E-state index contributed by atoms with van der Waals surface area (Å²) in [5.41, 5.74) is 1.71. The van der Waals surface area contributed by atoms with Crippen LogP contribution in [0.25, 0.3) is 0 Å². The summed E-state index contributed by atoms with van der Waals surface area (Å²) in [6, 6.07) is 4.72. The number of aromatic nitrogens is 2. The van der Waals surface area contributed by atoms with E-state index in [4.69, 9.17) is 4.74 Å².